The minimum Gasteiger partial charge on any atom is -0.381 e. The van der Waals surface area contributed by atoms with Crippen LogP contribution in [0, 0.1) is 0 Å². The van der Waals surface area contributed by atoms with Crippen molar-refractivity contribution in [1.29, 1.82) is 0 Å². The second kappa shape index (κ2) is 8.13. The first kappa shape index (κ1) is 16.0. The van der Waals surface area contributed by atoms with Gasteiger partial charge in [-0.05, 0) is 31.4 Å². The van der Waals surface area contributed by atoms with Gasteiger partial charge >= 0.3 is 0 Å². The molecule has 1 saturated carbocycles. The molecule has 0 bridgehead atoms. The Bertz CT molecular complexity index is 305. The predicted octanol–water partition coefficient (Wildman–Crippen LogP) is 2.40. The van der Waals surface area contributed by atoms with Crippen molar-refractivity contribution in [3.05, 3.63) is 0 Å². The van der Waals surface area contributed by atoms with E-state index in [2.05, 4.69) is 34.3 Å². The van der Waals surface area contributed by atoms with Crippen molar-refractivity contribution in [2.45, 2.75) is 56.2 Å². The van der Waals surface area contributed by atoms with E-state index >= 15 is 0 Å². The Kier molecular flexibility index (Phi) is 6.49. The summed E-state index contributed by atoms with van der Waals surface area (Å²) in [7, 11) is 1.87. The molecular formula is C15H29N3OS. The van der Waals surface area contributed by atoms with Gasteiger partial charge in [-0.2, -0.15) is 11.8 Å². The summed E-state index contributed by atoms with van der Waals surface area (Å²) in [6, 6.07) is 0.616. The van der Waals surface area contributed by atoms with Gasteiger partial charge in [0.1, 0.15) is 0 Å². The van der Waals surface area contributed by atoms with E-state index < -0.39 is 0 Å². The van der Waals surface area contributed by atoms with Crippen molar-refractivity contribution in [1.82, 2.24) is 10.6 Å². The molecule has 1 heterocycles. The smallest absolute Gasteiger partial charge is 0.191 e. The van der Waals surface area contributed by atoms with Crippen LogP contribution in [0.4, 0.5) is 0 Å². The maximum Gasteiger partial charge on any atom is 0.191 e. The van der Waals surface area contributed by atoms with Crippen LogP contribution in [0.15, 0.2) is 4.99 Å². The van der Waals surface area contributed by atoms with E-state index in [9.17, 15) is 0 Å². The molecule has 0 spiro atoms. The number of hydrogen-bond donors (Lipinski definition) is 2. The van der Waals surface area contributed by atoms with E-state index in [4.69, 9.17) is 4.74 Å². The molecule has 2 N–H and O–H groups in total. The van der Waals surface area contributed by atoms with Crippen LogP contribution in [-0.4, -0.2) is 49.3 Å². The highest BCUT2D eigenvalue weighted by Gasteiger charge is 2.32. The predicted molar refractivity (Wildman–Crippen MR) is 87.7 cm³/mol. The SMILES string of the molecule is CCSC1(CNC(=NC)NC2CCCC2)CCOCC1. The van der Waals surface area contributed by atoms with Crippen molar-refractivity contribution in [2.24, 2.45) is 4.99 Å². The quantitative estimate of drug-likeness (QED) is 0.604. The average Bonchev–Trinajstić information content (AvgIpc) is 2.98. The van der Waals surface area contributed by atoms with Crippen molar-refractivity contribution in [3.63, 3.8) is 0 Å². The van der Waals surface area contributed by atoms with Gasteiger partial charge in [-0.25, -0.2) is 0 Å². The highest BCUT2D eigenvalue weighted by atomic mass is 32.2. The Morgan fingerprint density at radius 3 is 2.60 bits per heavy atom. The topological polar surface area (TPSA) is 45.7 Å². The molecule has 0 aromatic carbocycles. The summed E-state index contributed by atoms with van der Waals surface area (Å²) in [5.41, 5.74) is 0. The van der Waals surface area contributed by atoms with E-state index in [1.54, 1.807) is 0 Å². The third kappa shape index (κ3) is 4.55. The van der Waals surface area contributed by atoms with Crippen LogP contribution in [0.2, 0.25) is 0 Å². The third-order valence-corrected chi connectivity index (χ3v) is 5.81. The van der Waals surface area contributed by atoms with E-state index in [1.165, 1.54) is 25.7 Å². The number of hydrogen-bond acceptors (Lipinski definition) is 3. The first-order valence-corrected chi connectivity index (χ1v) is 8.95. The Balaban J connectivity index is 1.83. The van der Waals surface area contributed by atoms with E-state index in [1.807, 2.05) is 7.05 Å². The highest BCUT2D eigenvalue weighted by Crippen LogP contribution is 2.34. The van der Waals surface area contributed by atoms with Crippen LogP contribution in [0.3, 0.4) is 0 Å². The summed E-state index contributed by atoms with van der Waals surface area (Å²) < 4.78 is 5.84. The third-order valence-electron chi connectivity index (χ3n) is 4.35. The second-order valence-corrected chi connectivity index (χ2v) is 7.51. The molecule has 0 aromatic heterocycles. The number of rotatable bonds is 5. The van der Waals surface area contributed by atoms with Crippen molar-refractivity contribution >= 4 is 17.7 Å². The van der Waals surface area contributed by atoms with E-state index in [0.717, 1.165) is 44.3 Å². The monoisotopic (exact) mass is 299 g/mol. The molecule has 0 aromatic rings. The van der Waals surface area contributed by atoms with Crippen LogP contribution < -0.4 is 10.6 Å². The maximum atomic E-state index is 5.52. The Morgan fingerprint density at radius 1 is 1.30 bits per heavy atom. The molecule has 1 aliphatic heterocycles. The number of guanidine groups is 1. The van der Waals surface area contributed by atoms with Crippen LogP contribution in [0.5, 0.6) is 0 Å². The molecule has 0 unspecified atom stereocenters. The van der Waals surface area contributed by atoms with Crippen molar-refractivity contribution in [3.8, 4) is 0 Å². The Hall–Kier alpha value is -0.420. The molecule has 4 nitrogen and oxygen atoms in total. The van der Waals surface area contributed by atoms with Gasteiger partial charge in [0.25, 0.3) is 0 Å². The largest absolute Gasteiger partial charge is 0.381 e. The maximum absolute atomic E-state index is 5.52. The second-order valence-electron chi connectivity index (χ2n) is 5.78. The highest BCUT2D eigenvalue weighted by molar-refractivity contribution is 8.00. The number of aliphatic imine (C=N–C) groups is 1. The molecule has 2 aliphatic rings. The number of thioether (sulfide) groups is 1. The lowest BCUT2D eigenvalue weighted by Gasteiger charge is -2.37. The molecule has 116 valence electrons. The van der Waals surface area contributed by atoms with Gasteiger partial charge in [0.2, 0.25) is 0 Å². The Morgan fingerprint density at radius 2 is 2.00 bits per heavy atom. The molecular weight excluding hydrogens is 270 g/mol. The van der Waals surface area contributed by atoms with Gasteiger partial charge in [-0.3, -0.25) is 4.99 Å². The van der Waals surface area contributed by atoms with Crippen LogP contribution >= 0.6 is 11.8 Å². The fourth-order valence-corrected chi connectivity index (χ4v) is 4.37. The standard InChI is InChI=1S/C15H29N3OS/c1-3-20-15(8-10-19-11-9-15)12-17-14(16-2)18-13-6-4-5-7-13/h13H,3-12H2,1-2H3,(H2,16,17,18). The lowest BCUT2D eigenvalue weighted by atomic mass is 9.99. The summed E-state index contributed by atoms with van der Waals surface area (Å²) in [5, 5.41) is 7.12. The first-order chi connectivity index (χ1) is 9.78. The molecule has 0 atom stereocenters. The molecule has 5 heteroatoms. The summed E-state index contributed by atoms with van der Waals surface area (Å²) in [5.74, 6) is 2.13. The van der Waals surface area contributed by atoms with Gasteiger partial charge < -0.3 is 15.4 Å². The summed E-state index contributed by atoms with van der Waals surface area (Å²) in [6.45, 7) is 5.02. The number of nitrogens with one attached hydrogen (secondary N) is 2. The fraction of sp³-hybridized carbons (Fsp3) is 0.933. The molecule has 0 amide bonds. The van der Waals surface area contributed by atoms with Crippen molar-refractivity contribution in [2.75, 3.05) is 32.6 Å². The van der Waals surface area contributed by atoms with Crippen molar-refractivity contribution < 1.29 is 4.74 Å². The minimum atomic E-state index is 0.320. The summed E-state index contributed by atoms with van der Waals surface area (Å²) in [6.07, 6.45) is 7.54. The first-order valence-electron chi connectivity index (χ1n) is 7.97. The average molecular weight is 299 g/mol. The molecule has 2 rings (SSSR count). The summed E-state index contributed by atoms with van der Waals surface area (Å²) in [4.78, 5) is 4.38. The molecule has 2 fully saturated rings. The zero-order valence-electron chi connectivity index (χ0n) is 12.9. The molecule has 0 radical (unpaired) electrons. The number of ether oxygens (including phenoxy) is 1. The zero-order chi connectivity index (χ0) is 14.3. The van der Waals surface area contributed by atoms with Gasteiger partial charge in [0, 0.05) is 37.6 Å². The van der Waals surface area contributed by atoms with Gasteiger partial charge in [-0.1, -0.05) is 19.8 Å². The Labute approximate surface area is 127 Å². The molecule has 1 saturated heterocycles. The lowest BCUT2D eigenvalue weighted by Crippen LogP contribution is -2.49. The lowest BCUT2D eigenvalue weighted by molar-refractivity contribution is 0.0782. The summed E-state index contributed by atoms with van der Waals surface area (Å²) >= 11 is 2.07. The van der Waals surface area contributed by atoms with Crippen LogP contribution in [0.25, 0.3) is 0 Å². The minimum absolute atomic E-state index is 0.320. The van der Waals surface area contributed by atoms with E-state index in [0.29, 0.717) is 10.8 Å². The van der Waals surface area contributed by atoms with E-state index in [-0.39, 0.29) is 0 Å². The normalized spacial score (nSPS) is 23.8. The zero-order valence-corrected chi connectivity index (χ0v) is 13.7. The van der Waals surface area contributed by atoms with Crippen LogP contribution in [-0.2, 0) is 4.74 Å². The van der Waals surface area contributed by atoms with Gasteiger partial charge in [-0.15, -0.1) is 0 Å². The van der Waals surface area contributed by atoms with Gasteiger partial charge in [0.15, 0.2) is 5.96 Å². The van der Waals surface area contributed by atoms with Crippen LogP contribution in [0.1, 0.15) is 45.4 Å². The molecule has 20 heavy (non-hydrogen) atoms. The van der Waals surface area contributed by atoms with Gasteiger partial charge in [0.05, 0.1) is 0 Å². The number of nitrogens with zero attached hydrogens (tertiary/aromatic N) is 1. The molecule has 1 aliphatic carbocycles. The fourth-order valence-electron chi connectivity index (χ4n) is 3.12.